The van der Waals surface area contributed by atoms with Gasteiger partial charge in [0.15, 0.2) is 5.76 Å². The summed E-state index contributed by atoms with van der Waals surface area (Å²) in [6, 6.07) is 0. The molecule has 58 valence electrons. The molecule has 1 atom stereocenters. The van der Waals surface area contributed by atoms with Crippen LogP contribution in [0, 0.1) is 0 Å². The summed E-state index contributed by atoms with van der Waals surface area (Å²) in [5.41, 5.74) is 0. The molecule has 0 bridgehead atoms. The summed E-state index contributed by atoms with van der Waals surface area (Å²) in [5.74, 6) is 1.30. The van der Waals surface area contributed by atoms with Crippen molar-refractivity contribution < 1.29 is 14.6 Å². The Morgan fingerprint density at radius 3 is 2.70 bits per heavy atom. The summed E-state index contributed by atoms with van der Waals surface area (Å²) >= 11 is 0. The molecule has 0 aromatic carbocycles. The van der Waals surface area contributed by atoms with Gasteiger partial charge in [0.25, 0.3) is 0 Å². The second kappa shape index (κ2) is 2.90. The van der Waals surface area contributed by atoms with Crippen LogP contribution in [0.3, 0.4) is 0 Å². The Morgan fingerprint density at radius 2 is 2.30 bits per heavy atom. The quantitative estimate of drug-likeness (QED) is 0.563. The molecule has 0 saturated carbocycles. The van der Waals surface area contributed by atoms with Crippen molar-refractivity contribution in [2.75, 3.05) is 13.6 Å². The molecule has 0 spiro atoms. The molecule has 10 heavy (non-hydrogen) atoms. The van der Waals surface area contributed by atoms with E-state index in [-0.39, 0.29) is 0 Å². The van der Waals surface area contributed by atoms with Crippen LogP contribution in [-0.2, 0) is 9.47 Å². The van der Waals surface area contributed by atoms with Gasteiger partial charge < -0.3 is 19.9 Å². The highest BCUT2D eigenvalue weighted by Crippen LogP contribution is 2.18. The van der Waals surface area contributed by atoms with Gasteiger partial charge in [0.05, 0.1) is 6.54 Å². The van der Waals surface area contributed by atoms with Gasteiger partial charge >= 0.3 is 6.48 Å². The highest BCUT2D eigenvalue weighted by molar-refractivity contribution is 5.03. The van der Waals surface area contributed by atoms with Crippen LogP contribution in [0.15, 0.2) is 11.5 Å². The average molecular weight is 145 g/mol. The van der Waals surface area contributed by atoms with Crippen LogP contribution in [0.5, 0.6) is 0 Å². The van der Waals surface area contributed by atoms with Gasteiger partial charge in [-0.2, -0.15) is 0 Å². The number of allylic oxidation sites excluding steroid dienone is 1. The summed E-state index contributed by atoms with van der Waals surface area (Å²) < 4.78 is 9.66. The molecule has 0 radical (unpaired) electrons. The molecular formula is C6H11NO3. The number of likely N-dealkylation sites (N-methyl/N-ethyl adjacent to an activating group) is 1. The van der Waals surface area contributed by atoms with Crippen molar-refractivity contribution in [1.29, 1.82) is 0 Å². The largest absolute Gasteiger partial charge is 0.434 e. The Balaban J connectivity index is 2.49. The summed E-state index contributed by atoms with van der Waals surface area (Å²) in [7, 11) is 1.80. The lowest BCUT2D eigenvalue weighted by Crippen LogP contribution is -2.13. The minimum absolute atomic E-state index is 0.586. The van der Waals surface area contributed by atoms with Crippen molar-refractivity contribution in [3.63, 3.8) is 0 Å². The van der Waals surface area contributed by atoms with Crippen LogP contribution in [0.4, 0.5) is 0 Å². The van der Waals surface area contributed by atoms with Gasteiger partial charge in [0.2, 0.25) is 0 Å². The molecule has 0 aliphatic carbocycles. The summed E-state index contributed by atoms with van der Waals surface area (Å²) in [6.45, 7) is 1.23. The Bertz CT molecular complexity index is 155. The third-order valence-corrected chi connectivity index (χ3v) is 1.25. The Morgan fingerprint density at radius 1 is 1.60 bits per heavy atom. The Hall–Kier alpha value is -0.740. The maximum atomic E-state index is 8.78. The van der Waals surface area contributed by atoms with Crippen LogP contribution in [0.25, 0.3) is 0 Å². The number of nitrogens with one attached hydrogen (secondary N) is 1. The first-order valence-electron chi connectivity index (χ1n) is 3.09. The number of aliphatic hydroxyl groups excluding tert-OH is 1. The lowest BCUT2D eigenvalue weighted by molar-refractivity contribution is -0.192. The van der Waals surface area contributed by atoms with E-state index in [0.717, 1.165) is 0 Å². The molecule has 0 fully saturated rings. The predicted molar refractivity (Wildman–Crippen MR) is 34.8 cm³/mol. The first-order valence-corrected chi connectivity index (χ1v) is 3.09. The van der Waals surface area contributed by atoms with E-state index in [1.165, 1.54) is 0 Å². The second-order valence-corrected chi connectivity index (χ2v) is 2.05. The summed E-state index contributed by atoms with van der Waals surface area (Å²) in [4.78, 5) is 0. The molecule has 0 saturated heterocycles. The van der Waals surface area contributed by atoms with Crippen molar-refractivity contribution in [3.05, 3.63) is 11.5 Å². The SMILES string of the molecule is CNCC1=C(C)OC(O)O1. The van der Waals surface area contributed by atoms with Gasteiger partial charge in [-0.25, -0.2) is 0 Å². The van der Waals surface area contributed by atoms with E-state index < -0.39 is 6.48 Å². The molecule has 1 aliphatic heterocycles. The molecule has 1 unspecified atom stereocenters. The monoisotopic (exact) mass is 145 g/mol. The minimum Gasteiger partial charge on any atom is -0.434 e. The highest BCUT2D eigenvalue weighted by atomic mass is 16.8. The van der Waals surface area contributed by atoms with Crippen molar-refractivity contribution in [2.24, 2.45) is 0 Å². The van der Waals surface area contributed by atoms with Crippen molar-refractivity contribution in [2.45, 2.75) is 13.4 Å². The minimum atomic E-state index is -1.11. The molecule has 2 N–H and O–H groups in total. The van der Waals surface area contributed by atoms with E-state index >= 15 is 0 Å². The van der Waals surface area contributed by atoms with Crippen LogP contribution < -0.4 is 5.32 Å². The number of hydrogen-bond acceptors (Lipinski definition) is 4. The zero-order chi connectivity index (χ0) is 7.56. The topological polar surface area (TPSA) is 50.7 Å². The van der Waals surface area contributed by atoms with E-state index in [1.54, 1.807) is 14.0 Å². The van der Waals surface area contributed by atoms with Gasteiger partial charge in [-0.15, -0.1) is 0 Å². The summed E-state index contributed by atoms with van der Waals surface area (Å²) in [6.07, 6.45) is 0. The van der Waals surface area contributed by atoms with Crippen molar-refractivity contribution in [1.82, 2.24) is 5.32 Å². The van der Waals surface area contributed by atoms with Crippen LogP contribution in [-0.4, -0.2) is 25.2 Å². The molecule has 0 aromatic heterocycles. The van der Waals surface area contributed by atoms with Crippen LogP contribution in [0.2, 0.25) is 0 Å². The van der Waals surface area contributed by atoms with Gasteiger partial charge in [-0.05, 0) is 14.0 Å². The molecule has 1 heterocycles. The first-order chi connectivity index (χ1) is 4.74. The zero-order valence-electron chi connectivity index (χ0n) is 6.05. The van der Waals surface area contributed by atoms with Gasteiger partial charge in [0.1, 0.15) is 5.76 Å². The zero-order valence-corrected chi connectivity index (χ0v) is 6.05. The molecule has 4 nitrogen and oxygen atoms in total. The molecule has 4 heteroatoms. The van der Waals surface area contributed by atoms with Crippen LogP contribution in [0.1, 0.15) is 6.92 Å². The highest BCUT2D eigenvalue weighted by Gasteiger charge is 2.20. The number of aliphatic hydroxyl groups is 1. The van der Waals surface area contributed by atoms with Gasteiger partial charge in [-0.1, -0.05) is 0 Å². The van der Waals surface area contributed by atoms with Crippen molar-refractivity contribution >= 4 is 0 Å². The van der Waals surface area contributed by atoms with E-state index in [4.69, 9.17) is 14.6 Å². The van der Waals surface area contributed by atoms with Gasteiger partial charge in [0, 0.05) is 0 Å². The van der Waals surface area contributed by atoms with E-state index in [9.17, 15) is 0 Å². The third-order valence-electron chi connectivity index (χ3n) is 1.25. The van der Waals surface area contributed by atoms with Gasteiger partial charge in [-0.3, -0.25) is 0 Å². The first kappa shape index (κ1) is 7.37. The maximum absolute atomic E-state index is 8.78. The Labute approximate surface area is 59.4 Å². The molecule has 1 rings (SSSR count). The fraction of sp³-hybridized carbons (Fsp3) is 0.667. The lowest BCUT2D eigenvalue weighted by atomic mass is 10.4. The summed E-state index contributed by atoms with van der Waals surface area (Å²) in [5, 5.41) is 11.7. The number of hydrogen-bond donors (Lipinski definition) is 2. The molecule has 0 aromatic rings. The predicted octanol–water partition coefficient (Wildman–Crippen LogP) is -0.240. The number of ether oxygens (including phenoxy) is 2. The normalized spacial score (nSPS) is 24.5. The number of rotatable bonds is 2. The fourth-order valence-corrected chi connectivity index (χ4v) is 0.772. The average Bonchev–Trinajstić information content (AvgIpc) is 2.13. The fourth-order valence-electron chi connectivity index (χ4n) is 0.772. The standard InChI is InChI=1S/C6H11NO3/c1-4-5(3-7-2)10-6(8)9-4/h6-8H,3H2,1-2H3. The molecule has 1 aliphatic rings. The molecular weight excluding hydrogens is 134 g/mol. The second-order valence-electron chi connectivity index (χ2n) is 2.05. The van der Waals surface area contributed by atoms with Crippen molar-refractivity contribution in [3.8, 4) is 0 Å². The smallest absolute Gasteiger partial charge is 0.357 e. The molecule has 0 amide bonds. The van der Waals surface area contributed by atoms with E-state index in [2.05, 4.69) is 5.32 Å². The van der Waals surface area contributed by atoms with Crippen LogP contribution >= 0.6 is 0 Å². The maximum Gasteiger partial charge on any atom is 0.357 e. The van der Waals surface area contributed by atoms with E-state index in [1.807, 2.05) is 0 Å². The lowest BCUT2D eigenvalue weighted by Gasteiger charge is -2.02. The Kier molecular flexibility index (Phi) is 2.13. The van der Waals surface area contributed by atoms with E-state index in [0.29, 0.717) is 18.1 Å². The third kappa shape index (κ3) is 1.40.